The zero-order chi connectivity index (χ0) is 46.6. The average Bonchev–Trinajstić information content (AvgIpc) is 3.81. The molecule has 2 unspecified atom stereocenters. The van der Waals surface area contributed by atoms with Crippen LogP contribution in [0.15, 0.2) is 75.9 Å². The summed E-state index contributed by atoms with van der Waals surface area (Å²) in [5.41, 5.74) is -15.2. The van der Waals surface area contributed by atoms with E-state index in [-0.39, 0.29) is 71.3 Å². The van der Waals surface area contributed by atoms with Gasteiger partial charge in [-0.05, 0) is 116 Å². The highest BCUT2D eigenvalue weighted by molar-refractivity contribution is 9.10. The van der Waals surface area contributed by atoms with E-state index in [1.807, 2.05) is 0 Å². The van der Waals surface area contributed by atoms with Crippen molar-refractivity contribution in [3.05, 3.63) is 115 Å². The molecule has 62 heavy (non-hydrogen) atoms. The molecule has 4 heterocycles. The van der Waals surface area contributed by atoms with Crippen LogP contribution in [0.5, 0.6) is 0 Å². The molecule has 338 valence electrons. The van der Waals surface area contributed by atoms with E-state index in [1.54, 1.807) is 0 Å². The molecule has 0 radical (unpaired) electrons. The van der Waals surface area contributed by atoms with Crippen LogP contribution in [0.4, 0.5) is 90.7 Å². The second kappa shape index (κ2) is 16.7. The Morgan fingerprint density at radius 1 is 0.516 bits per heavy atom. The van der Waals surface area contributed by atoms with Gasteiger partial charge in [0.15, 0.2) is 6.29 Å². The zero-order valence-corrected chi connectivity index (χ0v) is 33.6. The molecule has 0 aliphatic carbocycles. The summed E-state index contributed by atoms with van der Waals surface area (Å²) in [5.74, 6) is 0.107. The largest absolute Gasteiger partial charge is 0.416 e. The van der Waals surface area contributed by atoms with Crippen LogP contribution in [-0.2, 0) is 35.5 Å². The fraction of sp³-hybridized carbons (Fsp3) is 0.378. The number of rotatable bonds is 5. The predicted octanol–water partition coefficient (Wildman–Crippen LogP) is 13.0. The predicted molar refractivity (Wildman–Crippen MR) is 191 cm³/mol. The Balaban J connectivity index is 0.000000235. The lowest BCUT2D eigenvalue weighted by Crippen LogP contribution is -2.45. The van der Waals surface area contributed by atoms with E-state index in [4.69, 9.17) is 0 Å². The number of aromatic nitrogens is 2. The summed E-state index contributed by atoms with van der Waals surface area (Å²) in [5, 5.41) is 0. The third-order valence-electron chi connectivity index (χ3n) is 10.2. The molecule has 4 aromatic rings. The maximum atomic E-state index is 14.2. The smallest absolute Gasteiger partial charge is 0.355 e. The van der Waals surface area contributed by atoms with Crippen molar-refractivity contribution < 1.29 is 83.8 Å². The summed E-state index contributed by atoms with van der Waals surface area (Å²) in [7, 11) is 0. The van der Waals surface area contributed by atoms with Crippen LogP contribution < -0.4 is 9.80 Å². The van der Waals surface area contributed by atoms with Gasteiger partial charge in [0.25, 0.3) is 0 Å². The molecule has 0 N–H and O–H groups in total. The quantitative estimate of drug-likeness (QED) is 0.113. The molecule has 6 rings (SSSR count). The van der Waals surface area contributed by atoms with Gasteiger partial charge in [0.05, 0.1) is 22.3 Å². The Morgan fingerprint density at radius 3 is 1.19 bits per heavy atom. The summed E-state index contributed by atoms with van der Waals surface area (Å²) in [4.78, 5) is 21.2. The fourth-order valence-corrected chi connectivity index (χ4v) is 7.75. The number of carbonyl (C=O) groups is 1. The highest BCUT2D eigenvalue weighted by Gasteiger charge is 2.61. The fourth-order valence-electron chi connectivity index (χ4n) is 7.01. The SMILES string of the molecule is FC(F)(F)c1cc(C(F)(F)F)cc(C2(C(F)(F)F)CCN(c3cccc(Br)n3)C2)c1.O=Cc1ccc(N2CCC(c3cc(C(F)(F)F)cc(C(F)(F)F)c3)(C(F)(F)F)C2)nc1Br. The van der Waals surface area contributed by atoms with Crippen LogP contribution in [-0.4, -0.2) is 54.8 Å². The highest BCUT2D eigenvalue weighted by Crippen LogP contribution is 2.52. The molecule has 0 saturated carbocycles. The molecule has 2 aromatic carbocycles. The normalized spacial score (nSPS) is 20.3. The van der Waals surface area contributed by atoms with Crippen molar-refractivity contribution in [1.82, 2.24) is 9.97 Å². The van der Waals surface area contributed by atoms with Crippen molar-refractivity contribution in [2.24, 2.45) is 0 Å². The number of pyridine rings is 2. The van der Waals surface area contributed by atoms with Crippen molar-refractivity contribution in [2.45, 2.75) is 60.7 Å². The summed E-state index contributed by atoms with van der Waals surface area (Å²) in [6, 6.07) is 7.10. The first-order chi connectivity index (χ1) is 28.2. The third kappa shape index (κ3) is 10.1. The van der Waals surface area contributed by atoms with Crippen molar-refractivity contribution in [3.63, 3.8) is 0 Å². The molecular weight excluding hydrogens is 1020 g/mol. The van der Waals surface area contributed by atoms with Gasteiger partial charge in [-0.25, -0.2) is 9.97 Å². The van der Waals surface area contributed by atoms with E-state index in [2.05, 4.69) is 41.8 Å². The molecule has 0 bridgehead atoms. The second-order valence-electron chi connectivity index (χ2n) is 14.1. The van der Waals surface area contributed by atoms with Gasteiger partial charge in [0, 0.05) is 31.7 Å². The maximum Gasteiger partial charge on any atom is 0.416 e. The van der Waals surface area contributed by atoms with Gasteiger partial charge in [0.2, 0.25) is 0 Å². The van der Waals surface area contributed by atoms with E-state index in [0.717, 1.165) is 4.90 Å². The Labute approximate surface area is 354 Å². The standard InChI is InChI=1S/C19H12BrF9N2O.C18H12BrF9N2/c20-15-10(8-32)1-2-14(30-15)31-4-3-16(9-31,19(27,28)29)11-5-12(17(21,22)23)7-13(6-11)18(24,25)26;19-13-2-1-3-14(29-13)30-5-4-15(9-30,18(26,27)28)10-6-11(16(20,21)22)8-12(7-10)17(23,24)25/h1-2,5-8H,3-4,9H2;1-3,6-8H,4-5,9H2. The number of hydrogen-bond donors (Lipinski definition) is 0. The van der Waals surface area contributed by atoms with Crippen LogP contribution in [0.3, 0.4) is 0 Å². The summed E-state index contributed by atoms with van der Waals surface area (Å²) in [6.07, 6.45) is -32.4. The molecule has 2 aliphatic rings. The summed E-state index contributed by atoms with van der Waals surface area (Å²) < 4.78 is 243. The first-order valence-corrected chi connectivity index (χ1v) is 18.8. The van der Waals surface area contributed by atoms with E-state index in [1.165, 1.54) is 35.2 Å². The van der Waals surface area contributed by atoms with Gasteiger partial charge in [0.1, 0.15) is 31.7 Å². The lowest BCUT2D eigenvalue weighted by atomic mass is 9.77. The van der Waals surface area contributed by atoms with E-state index in [9.17, 15) is 83.8 Å². The monoisotopic (exact) mass is 1040 g/mol. The molecule has 2 atom stereocenters. The molecule has 5 nitrogen and oxygen atoms in total. The second-order valence-corrected chi connectivity index (χ2v) is 15.6. The van der Waals surface area contributed by atoms with Crippen molar-refractivity contribution in [3.8, 4) is 0 Å². The number of hydrogen-bond acceptors (Lipinski definition) is 5. The lowest BCUT2D eigenvalue weighted by Gasteiger charge is -2.33. The summed E-state index contributed by atoms with van der Waals surface area (Å²) >= 11 is 6.06. The Hall–Kier alpha value is -4.29. The van der Waals surface area contributed by atoms with E-state index < -0.39 is 107 Å². The molecular formula is C37H24Br2F18N4O. The first-order valence-electron chi connectivity index (χ1n) is 17.2. The highest BCUT2D eigenvalue weighted by atomic mass is 79.9. The van der Waals surface area contributed by atoms with Crippen LogP contribution in [0.1, 0.15) is 56.6 Å². The van der Waals surface area contributed by atoms with Gasteiger partial charge in [-0.2, -0.15) is 79.0 Å². The number of alkyl halides is 18. The van der Waals surface area contributed by atoms with Crippen molar-refractivity contribution in [2.75, 3.05) is 36.0 Å². The van der Waals surface area contributed by atoms with Gasteiger partial charge in [-0.1, -0.05) is 6.07 Å². The topological polar surface area (TPSA) is 49.3 Å². The Kier molecular flexibility index (Phi) is 13.1. The molecule has 2 saturated heterocycles. The average molecular weight is 1040 g/mol. The molecule has 2 fully saturated rings. The van der Waals surface area contributed by atoms with Gasteiger partial charge in [-0.3, -0.25) is 4.79 Å². The minimum Gasteiger partial charge on any atom is -0.355 e. The Bertz CT molecular complexity index is 2220. The number of nitrogens with zero attached hydrogens (tertiary/aromatic N) is 4. The number of halogens is 20. The molecule has 0 amide bonds. The van der Waals surface area contributed by atoms with Crippen molar-refractivity contribution >= 4 is 49.8 Å². The number of carbonyl (C=O) groups excluding carboxylic acids is 1. The van der Waals surface area contributed by atoms with Gasteiger partial charge >= 0.3 is 37.1 Å². The number of benzene rings is 2. The Morgan fingerprint density at radius 2 is 0.887 bits per heavy atom. The minimum absolute atomic E-state index is 0.0170. The first kappa shape index (κ1) is 48.7. The maximum absolute atomic E-state index is 14.2. The van der Waals surface area contributed by atoms with E-state index >= 15 is 0 Å². The molecule has 2 aromatic heterocycles. The van der Waals surface area contributed by atoms with E-state index in [0.29, 0.717) is 10.9 Å². The van der Waals surface area contributed by atoms with Gasteiger partial charge < -0.3 is 9.80 Å². The minimum atomic E-state index is -5.28. The molecule has 2 aliphatic heterocycles. The molecule has 0 spiro atoms. The van der Waals surface area contributed by atoms with Crippen LogP contribution in [0.2, 0.25) is 0 Å². The third-order valence-corrected chi connectivity index (χ3v) is 11.3. The molecule has 25 heteroatoms. The zero-order valence-electron chi connectivity index (χ0n) is 30.4. The lowest BCUT2D eigenvalue weighted by molar-refractivity contribution is -0.185. The number of aldehydes is 1. The number of anilines is 2. The van der Waals surface area contributed by atoms with Gasteiger partial charge in [-0.15, -0.1) is 0 Å². The van der Waals surface area contributed by atoms with Crippen LogP contribution in [0.25, 0.3) is 0 Å². The van der Waals surface area contributed by atoms with Crippen molar-refractivity contribution in [1.29, 1.82) is 0 Å². The van der Waals surface area contributed by atoms with Crippen LogP contribution in [0, 0.1) is 0 Å². The van der Waals surface area contributed by atoms with Crippen LogP contribution >= 0.6 is 31.9 Å². The summed E-state index contributed by atoms with van der Waals surface area (Å²) in [6.45, 7) is -2.40.